The van der Waals surface area contributed by atoms with Gasteiger partial charge in [0.05, 0.1) is 11.9 Å². The van der Waals surface area contributed by atoms with Gasteiger partial charge in [-0.25, -0.2) is 8.42 Å². The fourth-order valence-corrected chi connectivity index (χ4v) is 4.47. The topological polar surface area (TPSA) is 81.2 Å². The van der Waals surface area contributed by atoms with E-state index in [0.29, 0.717) is 29.6 Å². The number of nitrogens with zero attached hydrogens (tertiary/aromatic N) is 3. The second kappa shape index (κ2) is 6.43. The molecule has 0 bridgehead atoms. The van der Waals surface area contributed by atoms with Gasteiger partial charge in [-0.3, -0.25) is 4.68 Å². The third-order valence-corrected chi connectivity index (χ3v) is 6.03. The van der Waals surface area contributed by atoms with Gasteiger partial charge in [-0.15, -0.1) is 12.4 Å². The van der Waals surface area contributed by atoms with Crippen molar-refractivity contribution in [2.75, 3.05) is 13.1 Å². The van der Waals surface area contributed by atoms with Gasteiger partial charge in [0.25, 0.3) is 0 Å². The van der Waals surface area contributed by atoms with Crippen molar-refractivity contribution in [3.05, 3.63) is 11.9 Å². The molecule has 6 nitrogen and oxygen atoms in total. The summed E-state index contributed by atoms with van der Waals surface area (Å²) in [7, 11) is -1.74. The second-order valence-corrected chi connectivity index (χ2v) is 7.21. The lowest BCUT2D eigenvalue weighted by molar-refractivity contribution is 0.211. The summed E-state index contributed by atoms with van der Waals surface area (Å²) in [5, 5.41) is 4.02. The third-order valence-electron chi connectivity index (χ3n) is 3.97. The number of rotatable bonds is 3. The molecule has 1 aromatic rings. The third kappa shape index (κ3) is 3.00. The molecule has 0 radical (unpaired) electrons. The van der Waals surface area contributed by atoms with Crippen molar-refractivity contribution in [3.63, 3.8) is 0 Å². The van der Waals surface area contributed by atoms with Crippen LogP contribution in [0.25, 0.3) is 0 Å². The summed E-state index contributed by atoms with van der Waals surface area (Å²) in [6.45, 7) is 4.81. The fraction of sp³-hybridized carbons (Fsp3) is 0.750. The van der Waals surface area contributed by atoms with Crippen LogP contribution in [0.4, 0.5) is 0 Å². The molecule has 116 valence electrons. The summed E-state index contributed by atoms with van der Waals surface area (Å²) in [5.41, 5.74) is 6.41. The minimum Gasteiger partial charge on any atom is -0.329 e. The smallest absolute Gasteiger partial charge is 0.246 e. The van der Waals surface area contributed by atoms with Crippen molar-refractivity contribution < 1.29 is 8.42 Å². The highest BCUT2D eigenvalue weighted by Gasteiger charge is 2.36. The molecule has 1 aliphatic rings. The van der Waals surface area contributed by atoms with E-state index in [4.69, 9.17) is 5.73 Å². The Morgan fingerprint density at radius 3 is 2.65 bits per heavy atom. The molecule has 2 heterocycles. The number of sulfonamides is 1. The van der Waals surface area contributed by atoms with E-state index in [2.05, 4.69) is 12.0 Å². The number of piperidine rings is 1. The number of aromatic nitrogens is 2. The highest BCUT2D eigenvalue weighted by molar-refractivity contribution is 7.89. The van der Waals surface area contributed by atoms with Crippen LogP contribution in [0.2, 0.25) is 0 Å². The van der Waals surface area contributed by atoms with Gasteiger partial charge in [0, 0.05) is 26.2 Å². The van der Waals surface area contributed by atoms with Crippen molar-refractivity contribution in [3.8, 4) is 0 Å². The number of nitrogens with two attached hydrogens (primary N) is 1. The van der Waals surface area contributed by atoms with E-state index in [1.165, 1.54) is 6.20 Å². The number of halogens is 1. The molecule has 0 aromatic carbocycles. The lowest BCUT2D eigenvalue weighted by Gasteiger charge is -2.36. The zero-order valence-electron chi connectivity index (χ0n) is 12.1. The van der Waals surface area contributed by atoms with E-state index in [-0.39, 0.29) is 18.4 Å². The zero-order valence-corrected chi connectivity index (χ0v) is 13.7. The van der Waals surface area contributed by atoms with E-state index in [0.717, 1.165) is 12.8 Å². The SMILES string of the molecule is Cc1c(S(=O)(=O)N2CCC(C)CC2CN)cnn1C.Cl. The Bertz CT molecular complexity index is 558. The first-order valence-electron chi connectivity index (χ1n) is 6.58. The molecular formula is C12H23ClN4O2S. The van der Waals surface area contributed by atoms with Gasteiger partial charge in [-0.05, 0) is 25.7 Å². The molecule has 1 aromatic heterocycles. The van der Waals surface area contributed by atoms with Crippen LogP contribution in [0, 0.1) is 12.8 Å². The maximum atomic E-state index is 12.7. The molecule has 20 heavy (non-hydrogen) atoms. The Balaban J connectivity index is 0.00000200. The minimum atomic E-state index is -3.49. The van der Waals surface area contributed by atoms with Crippen molar-refractivity contribution in [1.82, 2.24) is 14.1 Å². The van der Waals surface area contributed by atoms with Crippen LogP contribution in [0.3, 0.4) is 0 Å². The van der Waals surface area contributed by atoms with Crippen molar-refractivity contribution in [2.24, 2.45) is 18.7 Å². The molecular weight excluding hydrogens is 300 g/mol. The predicted molar refractivity (Wildman–Crippen MR) is 80.3 cm³/mol. The summed E-state index contributed by atoms with van der Waals surface area (Å²) in [6, 6.07) is -0.103. The van der Waals surface area contributed by atoms with E-state index >= 15 is 0 Å². The van der Waals surface area contributed by atoms with E-state index in [1.54, 1.807) is 23.0 Å². The highest BCUT2D eigenvalue weighted by atomic mass is 35.5. The van der Waals surface area contributed by atoms with E-state index in [1.807, 2.05) is 0 Å². The molecule has 0 aliphatic carbocycles. The Kier molecular flexibility index (Phi) is 5.60. The normalized spacial score (nSPS) is 24.4. The second-order valence-electron chi connectivity index (χ2n) is 5.35. The van der Waals surface area contributed by atoms with E-state index in [9.17, 15) is 8.42 Å². The molecule has 2 N–H and O–H groups in total. The molecule has 0 saturated carbocycles. The minimum absolute atomic E-state index is 0. The quantitative estimate of drug-likeness (QED) is 0.896. The molecule has 0 amide bonds. The van der Waals surface area contributed by atoms with Crippen LogP contribution in [0.5, 0.6) is 0 Å². The number of aryl methyl sites for hydroxylation is 1. The monoisotopic (exact) mass is 322 g/mol. The van der Waals surface area contributed by atoms with Gasteiger partial charge < -0.3 is 5.73 Å². The average Bonchev–Trinajstić information content (AvgIpc) is 2.70. The van der Waals surface area contributed by atoms with Gasteiger partial charge in [0.1, 0.15) is 4.90 Å². The molecule has 1 fully saturated rings. The number of hydrogen-bond acceptors (Lipinski definition) is 4. The summed E-state index contributed by atoms with van der Waals surface area (Å²) in [4.78, 5) is 0.294. The van der Waals surface area contributed by atoms with Crippen molar-refractivity contribution in [2.45, 2.75) is 37.6 Å². The van der Waals surface area contributed by atoms with Crippen LogP contribution in [0.1, 0.15) is 25.5 Å². The number of hydrogen-bond donors (Lipinski definition) is 1. The molecule has 2 atom stereocenters. The van der Waals surface area contributed by atoms with E-state index < -0.39 is 10.0 Å². The van der Waals surface area contributed by atoms with Gasteiger partial charge >= 0.3 is 0 Å². The summed E-state index contributed by atoms with van der Waals surface area (Å²) >= 11 is 0. The molecule has 2 rings (SSSR count). The standard InChI is InChI=1S/C12H22N4O2S.ClH/c1-9-4-5-16(11(6-9)7-13)19(17,18)12-8-14-15(3)10(12)2;/h8-9,11H,4-7,13H2,1-3H3;1H. The van der Waals surface area contributed by atoms with Crippen LogP contribution in [-0.2, 0) is 17.1 Å². The van der Waals surface area contributed by atoms with Gasteiger partial charge in [-0.2, -0.15) is 9.40 Å². The first kappa shape index (κ1) is 17.4. The Labute approximate surface area is 126 Å². The summed E-state index contributed by atoms with van der Waals surface area (Å²) in [5.74, 6) is 0.523. The van der Waals surface area contributed by atoms with Gasteiger partial charge in [0.15, 0.2) is 0 Å². The van der Waals surface area contributed by atoms with Crippen LogP contribution >= 0.6 is 12.4 Å². The Morgan fingerprint density at radius 2 is 2.15 bits per heavy atom. The average molecular weight is 323 g/mol. The first-order chi connectivity index (χ1) is 8.87. The van der Waals surface area contributed by atoms with Crippen molar-refractivity contribution >= 4 is 22.4 Å². The first-order valence-corrected chi connectivity index (χ1v) is 8.02. The maximum Gasteiger partial charge on any atom is 0.246 e. The van der Waals surface area contributed by atoms with Gasteiger partial charge in [0.2, 0.25) is 10.0 Å². The molecule has 8 heteroatoms. The summed E-state index contributed by atoms with van der Waals surface area (Å²) in [6.07, 6.45) is 3.14. The predicted octanol–water partition coefficient (Wildman–Crippen LogP) is 0.898. The van der Waals surface area contributed by atoms with Crippen molar-refractivity contribution in [1.29, 1.82) is 0 Å². The zero-order chi connectivity index (χ0) is 14.2. The molecule has 1 saturated heterocycles. The lowest BCUT2D eigenvalue weighted by Crippen LogP contribution is -2.49. The van der Waals surface area contributed by atoms with Gasteiger partial charge in [-0.1, -0.05) is 6.92 Å². The van der Waals surface area contributed by atoms with Crippen LogP contribution in [0.15, 0.2) is 11.1 Å². The lowest BCUT2D eigenvalue weighted by atomic mass is 9.94. The molecule has 2 unspecified atom stereocenters. The highest BCUT2D eigenvalue weighted by Crippen LogP contribution is 2.28. The van der Waals surface area contributed by atoms with Crippen LogP contribution < -0.4 is 5.73 Å². The largest absolute Gasteiger partial charge is 0.329 e. The molecule has 1 aliphatic heterocycles. The molecule has 0 spiro atoms. The Morgan fingerprint density at radius 1 is 1.50 bits per heavy atom. The fourth-order valence-electron chi connectivity index (χ4n) is 2.62. The maximum absolute atomic E-state index is 12.7. The Hall–Kier alpha value is -0.630. The summed E-state index contributed by atoms with van der Waals surface area (Å²) < 4.78 is 28.6. The van der Waals surface area contributed by atoms with Crippen LogP contribution in [-0.4, -0.2) is 41.6 Å².